The van der Waals surface area contributed by atoms with E-state index in [1.54, 1.807) is 43.4 Å². The second-order valence-corrected chi connectivity index (χ2v) is 4.51. The molecule has 1 amide bonds. The van der Waals surface area contributed by atoms with Crippen molar-refractivity contribution in [2.24, 2.45) is 0 Å². The van der Waals surface area contributed by atoms with Crippen LogP contribution < -0.4 is 5.32 Å². The van der Waals surface area contributed by atoms with Gasteiger partial charge in [0.1, 0.15) is 0 Å². The molecule has 0 aliphatic rings. The first-order valence-electron chi connectivity index (χ1n) is 6.19. The molecule has 0 bridgehead atoms. The Hall–Kier alpha value is -2.62. The van der Waals surface area contributed by atoms with Crippen LogP contribution in [0, 0.1) is 6.92 Å². The van der Waals surface area contributed by atoms with E-state index < -0.39 is 5.97 Å². The number of hydrogen-bond acceptors (Lipinski definition) is 2. The molecule has 0 aliphatic heterocycles. The van der Waals surface area contributed by atoms with E-state index in [0.717, 1.165) is 5.56 Å². The van der Waals surface area contributed by atoms with Crippen LogP contribution in [0.2, 0.25) is 0 Å². The monoisotopic (exact) mass is 269 g/mol. The molecule has 0 fully saturated rings. The van der Waals surface area contributed by atoms with Crippen LogP contribution in [-0.4, -0.2) is 24.0 Å². The molecule has 2 aromatic carbocycles. The summed E-state index contributed by atoms with van der Waals surface area (Å²) in [5.74, 6) is -1.18. The van der Waals surface area contributed by atoms with Gasteiger partial charge in [0.2, 0.25) is 0 Å². The van der Waals surface area contributed by atoms with Gasteiger partial charge in [-0.25, -0.2) is 4.79 Å². The number of hydrogen-bond donors (Lipinski definition) is 2. The van der Waals surface area contributed by atoms with Gasteiger partial charge in [-0.1, -0.05) is 29.8 Å². The molecule has 102 valence electrons. The maximum Gasteiger partial charge on any atom is 0.336 e. The first-order valence-corrected chi connectivity index (χ1v) is 6.19. The van der Waals surface area contributed by atoms with Gasteiger partial charge in [0.15, 0.2) is 0 Å². The van der Waals surface area contributed by atoms with Gasteiger partial charge in [0.25, 0.3) is 5.91 Å². The number of carbonyl (C=O) groups is 2. The molecule has 0 saturated heterocycles. The lowest BCUT2D eigenvalue weighted by Crippen LogP contribution is -2.17. The summed E-state index contributed by atoms with van der Waals surface area (Å²) in [5.41, 5.74) is 2.94. The van der Waals surface area contributed by atoms with Crippen molar-refractivity contribution in [2.75, 3.05) is 7.05 Å². The highest BCUT2D eigenvalue weighted by molar-refractivity contribution is 5.98. The smallest absolute Gasteiger partial charge is 0.336 e. The summed E-state index contributed by atoms with van der Waals surface area (Å²) >= 11 is 0. The number of benzene rings is 2. The average molecular weight is 269 g/mol. The van der Waals surface area contributed by atoms with Crippen molar-refractivity contribution in [3.63, 3.8) is 0 Å². The highest BCUT2D eigenvalue weighted by Gasteiger charge is 2.13. The second kappa shape index (κ2) is 5.57. The Morgan fingerprint density at radius 3 is 2.50 bits per heavy atom. The van der Waals surface area contributed by atoms with Crippen molar-refractivity contribution < 1.29 is 14.7 Å². The molecular weight excluding hydrogens is 254 g/mol. The minimum absolute atomic E-state index is 0.198. The quantitative estimate of drug-likeness (QED) is 0.900. The molecule has 0 aromatic heterocycles. The van der Waals surface area contributed by atoms with Gasteiger partial charge in [0.05, 0.1) is 5.56 Å². The van der Waals surface area contributed by atoms with Crippen LogP contribution in [0.25, 0.3) is 11.1 Å². The van der Waals surface area contributed by atoms with E-state index in [4.69, 9.17) is 0 Å². The van der Waals surface area contributed by atoms with Crippen molar-refractivity contribution >= 4 is 11.9 Å². The van der Waals surface area contributed by atoms with E-state index in [2.05, 4.69) is 5.32 Å². The fraction of sp³-hybridized carbons (Fsp3) is 0.125. The maximum atomic E-state index is 11.6. The summed E-state index contributed by atoms with van der Waals surface area (Å²) in [7, 11) is 1.56. The SMILES string of the molecule is CNC(=O)c1cccc(-c2ccc(C)cc2C(=O)O)c1. The minimum Gasteiger partial charge on any atom is -0.478 e. The third kappa shape index (κ3) is 2.69. The predicted molar refractivity (Wildman–Crippen MR) is 77.0 cm³/mol. The zero-order valence-electron chi connectivity index (χ0n) is 11.3. The molecular formula is C16H15NO3. The van der Waals surface area contributed by atoms with Gasteiger partial charge in [-0.15, -0.1) is 0 Å². The molecule has 0 unspecified atom stereocenters. The number of rotatable bonds is 3. The van der Waals surface area contributed by atoms with Gasteiger partial charge in [-0.3, -0.25) is 4.79 Å². The van der Waals surface area contributed by atoms with Crippen molar-refractivity contribution in [1.29, 1.82) is 0 Å². The first kappa shape index (κ1) is 13.8. The summed E-state index contributed by atoms with van der Waals surface area (Å²) in [5, 5.41) is 11.8. The Morgan fingerprint density at radius 1 is 1.10 bits per heavy atom. The minimum atomic E-state index is -0.978. The van der Waals surface area contributed by atoms with Crippen molar-refractivity contribution in [2.45, 2.75) is 6.92 Å². The molecule has 0 spiro atoms. The molecule has 0 aliphatic carbocycles. The van der Waals surface area contributed by atoms with Crippen molar-refractivity contribution in [1.82, 2.24) is 5.32 Å². The van der Waals surface area contributed by atoms with Gasteiger partial charge in [0, 0.05) is 12.6 Å². The first-order chi connectivity index (χ1) is 9.52. The lowest BCUT2D eigenvalue weighted by atomic mass is 9.96. The highest BCUT2D eigenvalue weighted by Crippen LogP contribution is 2.25. The molecule has 2 N–H and O–H groups in total. The summed E-state index contributed by atoms with van der Waals surface area (Å²) in [4.78, 5) is 23.0. The number of carboxylic acid groups (broad SMARTS) is 1. The Labute approximate surface area is 117 Å². The fourth-order valence-electron chi connectivity index (χ4n) is 2.06. The fourth-order valence-corrected chi connectivity index (χ4v) is 2.06. The largest absolute Gasteiger partial charge is 0.478 e. The maximum absolute atomic E-state index is 11.6. The Bertz CT molecular complexity index is 677. The molecule has 20 heavy (non-hydrogen) atoms. The van der Waals surface area contributed by atoms with E-state index in [-0.39, 0.29) is 11.5 Å². The lowest BCUT2D eigenvalue weighted by Gasteiger charge is -2.09. The van der Waals surface area contributed by atoms with Gasteiger partial charge < -0.3 is 10.4 Å². The molecule has 4 heteroatoms. The molecule has 2 rings (SSSR count). The summed E-state index contributed by atoms with van der Waals surface area (Å²) in [6.07, 6.45) is 0. The van der Waals surface area contributed by atoms with Crippen LogP contribution in [-0.2, 0) is 0 Å². The highest BCUT2D eigenvalue weighted by atomic mass is 16.4. The average Bonchev–Trinajstić information content (AvgIpc) is 2.46. The van der Waals surface area contributed by atoms with Crippen molar-refractivity contribution in [3.05, 3.63) is 59.2 Å². The molecule has 0 atom stereocenters. The predicted octanol–water partition coefficient (Wildman–Crippen LogP) is 2.72. The normalized spacial score (nSPS) is 10.1. The van der Waals surface area contributed by atoms with Gasteiger partial charge in [-0.2, -0.15) is 0 Å². The summed E-state index contributed by atoms with van der Waals surface area (Å²) < 4.78 is 0. The van der Waals surface area contributed by atoms with Crippen LogP contribution in [0.4, 0.5) is 0 Å². The van der Waals surface area contributed by atoms with Gasteiger partial charge in [-0.05, 0) is 36.2 Å². The lowest BCUT2D eigenvalue weighted by molar-refractivity contribution is 0.0697. The van der Waals surface area contributed by atoms with Gasteiger partial charge >= 0.3 is 5.97 Å². The van der Waals surface area contributed by atoms with Crippen LogP contribution in [0.5, 0.6) is 0 Å². The zero-order valence-corrected chi connectivity index (χ0v) is 11.3. The van der Waals surface area contributed by atoms with Crippen molar-refractivity contribution in [3.8, 4) is 11.1 Å². The van der Waals surface area contributed by atoms with E-state index in [1.807, 2.05) is 13.0 Å². The number of aryl methyl sites for hydroxylation is 1. The third-order valence-corrected chi connectivity index (χ3v) is 3.07. The Balaban J connectivity index is 2.57. The standard InChI is InChI=1S/C16H15NO3/c1-10-6-7-13(14(8-10)16(19)20)11-4-3-5-12(9-11)15(18)17-2/h3-9H,1-2H3,(H,17,18)(H,19,20). The Kier molecular flexibility index (Phi) is 3.84. The van der Waals surface area contributed by atoms with E-state index in [1.165, 1.54) is 0 Å². The molecule has 2 aromatic rings. The van der Waals surface area contributed by atoms with E-state index >= 15 is 0 Å². The number of amides is 1. The third-order valence-electron chi connectivity index (χ3n) is 3.07. The molecule has 0 saturated carbocycles. The van der Waals surface area contributed by atoms with E-state index in [0.29, 0.717) is 16.7 Å². The van der Waals surface area contributed by atoms with Crippen LogP contribution >= 0.6 is 0 Å². The topological polar surface area (TPSA) is 66.4 Å². The molecule has 0 radical (unpaired) electrons. The zero-order chi connectivity index (χ0) is 14.7. The molecule has 0 heterocycles. The van der Waals surface area contributed by atoms with Crippen LogP contribution in [0.3, 0.4) is 0 Å². The number of aromatic carboxylic acids is 1. The second-order valence-electron chi connectivity index (χ2n) is 4.51. The van der Waals surface area contributed by atoms with Crippen LogP contribution in [0.15, 0.2) is 42.5 Å². The number of nitrogens with one attached hydrogen (secondary N) is 1. The van der Waals surface area contributed by atoms with E-state index in [9.17, 15) is 14.7 Å². The number of carboxylic acids is 1. The summed E-state index contributed by atoms with van der Waals surface area (Å²) in [6, 6.07) is 12.2. The number of carbonyl (C=O) groups excluding carboxylic acids is 1. The summed E-state index contributed by atoms with van der Waals surface area (Å²) in [6.45, 7) is 1.84. The molecule has 4 nitrogen and oxygen atoms in total. The van der Waals surface area contributed by atoms with Crippen LogP contribution in [0.1, 0.15) is 26.3 Å². The Morgan fingerprint density at radius 2 is 1.85 bits per heavy atom.